The van der Waals surface area contributed by atoms with Gasteiger partial charge in [0.15, 0.2) is 0 Å². The second kappa shape index (κ2) is 5.61. The molecule has 0 unspecified atom stereocenters. The van der Waals surface area contributed by atoms with Crippen molar-refractivity contribution in [3.63, 3.8) is 0 Å². The molecule has 2 aromatic rings. The first-order valence-corrected chi connectivity index (χ1v) is 7.22. The zero-order chi connectivity index (χ0) is 14.9. The molecule has 1 aliphatic rings. The standard InChI is InChI=1S/C14H17ClN4O2/c1-3-21-13-5-10(4-11(15)17-13)14(7-20-8-14)6-12-18-16-9-19(12)2/h4-5,9H,3,6-8H2,1-2H3. The van der Waals surface area contributed by atoms with Crippen molar-refractivity contribution < 1.29 is 9.47 Å². The summed E-state index contributed by atoms with van der Waals surface area (Å²) in [5, 5.41) is 8.53. The summed E-state index contributed by atoms with van der Waals surface area (Å²) in [5.41, 5.74) is 0.930. The summed E-state index contributed by atoms with van der Waals surface area (Å²) in [6.45, 7) is 3.74. The molecule has 6 nitrogen and oxygen atoms in total. The molecule has 0 saturated carbocycles. The smallest absolute Gasteiger partial charge is 0.214 e. The van der Waals surface area contributed by atoms with Crippen molar-refractivity contribution in [2.24, 2.45) is 7.05 Å². The second-order valence-electron chi connectivity index (χ2n) is 5.26. The third-order valence-electron chi connectivity index (χ3n) is 3.73. The molecule has 1 fully saturated rings. The predicted octanol–water partition coefficient (Wildman–Crippen LogP) is 1.77. The number of rotatable bonds is 5. The highest BCUT2D eigenvalue weighted by atomic mass is 35.5. The van der Waals surface area contributed by atoms with E-state index in [0.29, 0.717) is 30.9 Å². The van der Waals surface area contributed by atoms with Gasteiger partial charge in [-0.25, -0.2) is 4.98 Å². The molecular weight excluding hydrogens is 292 g/mol. The van der Waals surface area contributed by atoms with Gasteiger partial charge in [0.1, 0.15) is 17.3 Å². The molecule has 0 aliphatic carbocycles. The lowest BCUT2D eigenvalue weighted by Gasteiger charge is -2.41. The first kappa shape index (κ1) is 14.3. The van der Waals surface area contributed by atoms with Gasteiger partial charge in [0, 0.05) is 24.9 Å². The second-order valence-corrected chi connectivity index (χ2v) is 5.65. The van der Waals surface area contributed by atoms with E-state index in [0.717, 1.165) is 17.8 Å². The SMILES string of the molecule is CCOc1cc(C2(Cc3nncn3C)COC2)cc(Cl)n1. The number of aromatic nitrogens is 4. The van der Waals surface area contributed by atoms with E-state index in [-0.39, 0.29) is 5.41 Å². The van der Waals surface area contributed by atoms with Crippen LogP contribution in [-0.2, 0) is 23.6 Å². The van der Waals surface area contributed by atoms with E-state index in [2.05, 4.69) is 15.2 Å². The fourth-order valence-corrected chi connectivity index (χ4v) is 2.69. The van der Waals surface area contributed by atoms with Crippen molar-refractivity contribution in [2.75, 3.05) is 19.8 Å². The molecule has 0 spiro atoms. The molecule has 21 heavy (non-hydrogen) atoms. The Morgan fingerprint density at radius 1 is 1.43 bits per heavy atom. The topological polar surface area (TPSA) is 62.1 Å². The highest BCUT2D eigenvalue weighted by molar-refractivity contribution is 6.29. The van der Waals surface area contributed by atoms with Gasteiger partial charge in [-0.2, -0.15) is 0 Å². The molecule has 0 radical (unpaired) electrons. The first-order valence-electron chi connectivity index (χ1n) is 6.84. The minimum absolute atomic E-state index is 0.140. The fraction of sp³-hybridized carbons (Fsp3) is 0.500. The van der Waals surface area contributed by atoms with Gasteiger partial charge in [-0.15, -0.1) is 10.2 Å². The Balaban J connectivity index is 1.94. The van der Waals surface area contributed by atoms with Gasteiger partial charge in [-0.1, -0.05) is 11.6 Å². The Kier molecular flexibility index (Phi) is 3.82. The minimum Gasteiger partial charge on any atom is -0.478 e. The summed E-state index contributed by atoms with van der Waals surface area (Å²) >= 11 is 6.12. The van der Waals surface area contributed by atoms with Crippen LogP contribution < -0.4 is 4.74 Å². The molecule has 3 heterocycles. The molecule has 0 amide bonds. The summed E-state index contributed by atoms with van der Waals surface area (Å²) < 4.78 is 12.9. The van der Waals surface area contributed by atoms with Gasteiger partial charge in [-0.3, -0.25) is 0 Å². The van der Waals surface area contributed by atoms with Gasteiger partial charge in [0.05, 0.1) is 19.8 Å². The van der Waals surface area contributed by atoms with Gasteiger partial charge < -0.3 is 14.0 Å². The van der Waals surface area contributed by atoms with Crippen LogP contribution in [-0.4, -0.2) is 39.6 Å². The molecule has 0 bridgehead atoms. The molecule has 0 N–H and O–H groups in total. The summed E-state index contributed by atoms with van der Waals surface area (Å²) in [7, 11) is 1.94. The molecule has 0 aromatic carbocycles. The van der Waals surface area contributed by atoms with E-state index in [4.69, 9.17) is 21.1 Å². The number of nitrogens with zero attached hydrogens (tertiary/aromatic N) is 4. The van der Waals surface area contributed by atoms with Crippen LogP contribution in [0.25, 0.3) is 0 Å². The van der Waals surface area contributed by atoms with Crippen molar-refractivity contribution in [3.05, 3.63) is 35.0 Å². The zero-order valence-corrected chi connectivity index (χ0v) is 12.8. The number of hydrogen-bond acceptors (Lipinski definition) is 5. The van der Waals surface area contributed by atoms with Crippen LogP contribution in [0.3, 0.4) is 0 Å². The lowest BCUT2D eigenvalue weighted by atomic mass is 9.76. The molecule has 3 rings (SSSR count). The monoisotopic (exact) mass is 308 g/mol. The van der Waals surface area contributed by atoms with Gasteiger partial charge in [-0.05, 0) is 18.6 Å². The maximum absolute atomic E-state index is 6.12. The van der Waals surface area contributed by atoms with Gasteiger partial charge in [0.25, 0.3) is 0 Å². The van der Waals surface area contributed by atoms with Crippen molar-refractivity contribution in [2.45, 2.75) is 18.8 Å². The van der Waals surface area contributed by atoms with E-state index < -0.39 is 0 Å². The molecule has 7 heteroatoms. The highest BCUT2D eigenvalue weighted by Crippen LogP contribution is 2.37. The van der Waals surface area contributed by atoms with Crippen molar-refractivity contribution in [1.29, 1.82) is 0 Å². The summed E-state index contributed by atoms with van der Waals surface area (Å²) in [6, 6.07) is 3.82. The van der Waals surface area contributed by atoms with Crippen LogP contribution in [0.4, 0.5) is 0 Å². The Labute approximate surface area is 128 Å². The van der Waals surface area contributed by atoms with Crippen LogP contribution in [0.2, 0.25) is 5.15 Å². The number of hydrogen-bond donors (Lipinski definition) is 0. The molecular formula is C14H17ClN4O2. The van der Waals surface area contributed by atoms with E-state index >= 15 is 0 Å². The molecule has 1 aliphatic heterocycles. The Morgan fingerprint density at radius 3 is 2.81 bits per heavy atom. The molecule has 2 aromatic heterocycles. The van der Waals surface area contributed by atoms with E-state index in [1.165, 1.54) is 0 Å². The van der Waals surface area contributed by atoms with Crippen molar-refractivity contribution >= 4 is 11.6 Å². The Bertz CT molecular complexity index is 640. The van der Waals surface area contributed by atoms with Crippen LogP contribution in [0.5, 0.6) is 5.88 Å². The summed E-state index contributed by atoms with van der Waals surface area (Å²) in [4.78, 5) is 4.18. The lowest BCUT2D eigenvalue weighted by molar-refractivity contribution is -0.0612. The Morgan fingerprint density at radius 2 is 2.24 bits per heavy atom. The Hall–Kier alpha value is -1.66. The molecule has 0 atom stereocenters. The lowest BCUT2D eigenvalue weighted by Crippen LogP contribution is -2.49. The number of pyridine rings is 1. The third-order valence-corrected chi connectivity index (χ3v) is 3.93. The zero-order valence-electron chi connectivity index (χ0n) is 12.0. The molecule has 1 saturated heterocycles. The van der Waals surface area contributed by atoms with Gasteiger partial charge >= 0.3 is 0 Å². The van der Waals surface area contributed by atoms with E-state index in [9.17, 15) is 0 Å². The van der Waals surface area contributed by atoms with Crippen LogP contribution in [0.15, 0.2) is 18.5 Å². The van der Waals surface area contributed by atoms with Crippen molar-refractivity contribution in [3.8, 4) is 5.88 Å². The highest BCUT2D eigenvalue weighted by Gasteiger charge is 2.42. The maximum Gasteiger partial charge on any atom is 0.214 e. The predicted molar refractivity (Wildman–Crippen MR) is 77.6 cm³/mol. The summed E-state index contributed by atoms with van der Waals surface area (Å²) in [5.74, 6) is 1.47. The first-order chi connectivity index (χ1) is 10.1. The van der Waals surface area contributed by atoms with E-state index in [1.807, 2.05) is 30.7 Å². The summed E-state index contributed by atoms with van der Waals surface area (Å²) in [6.07, 6.45) is 2.45. The van der Waals surface area contributed by atoms with E-state index in [1.54, 1.807) is 6.33 Å². The van der Waals surface area contributed by atoms with Crippen LogP contribution >= 0.6 is 11.6 Å². The minimum atomic E-state index is -0.140. The average Bonchev–Trinajstić information content (AvgIpc) is 2.79. The number of ether oxygens (including phenoxy) is 2. The van der Waals surface area contributed by atoms with Crippen LogP contribution in [0, 0.1) is 0 Å². The molecule has 112 valence electrons. The third kappa shape index (κ3) is 2.73. The van der Waals surface area contributed by atoms with Crippen LogP contribution in [0.1, 0.15) is 18.3 Å². The quantitative estimate of drug-likeness (QED) is 0.788. The number of aryl methyl sites for hydroxylation is 1. The fourth-order valence-electron chi connectivity index (χ4n) is 2.49. The normalized spacial score (nSPS) is 16.5. The largest absolute Gasteiger partial charge is 0.478 e. The van der Waals surface area contributed by atoms with Gasteiger partial charge in [0.2, 0.25) is 5.88 Å². The number of halogens is 1. The van der Waals surface area contributed by atoms with Crippen molar-refractivity contribution in [1.82, 2.24) is 19.7 Å². The maximum atomic E-state index is 6.12. The average molecular weight is 309 g/mol.